The lowest BCUT2D eigenvalue weighted by atomic mass is 10.2. The molecule has 0 saturated heterocycles. The summed E-state index contributed by atoms with van der Waals surface area (Å²) in [6.07, 6.45) is 3.57. The van der Waals surface area contributed by atoms with Gasteiger partial charge in [-0.3, -0.25) is 0 Å². The predicted molar refractivity (Wildman–Crippen MR) is 89.9 cm³/mol. The Morgan fingerprint density at radius 2 is 2.08 bits per heavy atom. The van der Waals surface area contributed by atoms with Crippen LogP contribution in [0.5, 0.6) is 5.88 Å². The van der Waals surface area contributed by atoms with Crippen molar-refractivity contribution in [1.29, 1.82) is 0 Å². The fraction of sp³-hybridized carbons (Fsp3) is 0.375. The molecule has 4 rings (SSSR count). The van der Waals surface area contributed by atoms with Gasteiger partial charge in [0.1, 0.15) is 30.3 Å². The van der Waals surface area contributed by atoms with Crippen molar-refractivity contribution < 1.29 is 4.74 Å². The Morgan fingerprint density at radius 3 is 2.88 bits per heavy atom. The van der Waals surface area contributed by atoms with Gasteiger partial charge in [0.05, 0.1) is 12.1 Å². The Balaban J connectivity index is 1.83. The van der Waals surface area contributed by atoms with Crippen LogP contribution in [0.25, 0.3) is 22.9 Å². The number of anilines is 1. The lowest BCUT2D eigenvalue weighted by molar-refractivity contribution is 0.296. The van der Waals surface area contributed by atoms with E-state index in [1.807, 2.05) is 30.1 Å². The van der Waals surface area contributed by atoms with Crippen molar-refractivity contribution in [2.75, 3.05) is 19.0 Å². The summed E-state index contributed by atoms with van der Waals surface area (Å²) in [6.45, 7) is 5.41. The normalized spacial score (nSPS) is 13.2. The van der Waals surface area contributed by atoms with Crippen LogP contribution < -0.4 is 10.1 Å². The lowest BCUT2D eigenvalue weighted by Gasteiger charge is -2.08. The van der Waals surface area contributed by atoms with Gasteiger partial charge < -0.3 is 14.6 Å². The van der Waals surface area contributed by atoms with Gasteiger partial charge in [-0.15, -0.1) is 0 Å². The molecule has 0 radical (unpaired) electrons. The average Bonchev–Trinajstić information content (AvgIpc) is 3.18. The van der Waals surface area contributed by atoms with E-state index in [1.54, 1.807) is 6.33 Å². The number of hydrogen-bond acceptors (Lipinski definition) is 6. The molecule has 0 unspecified atom stereocenters. The molecule has 0 saturated carbocycles. The highest BCUT2D eigenvalue weighted by molar-refractivity contribution is 5.68. The molecule has 24 heavy (non-hydrogen) atoms. The Bertz CT molecular complexity index is 880. The molecule has 1 aliphatic rings. The van der Waals surface area contributed by atoms with Crippen molar-refractivity contribution in [3.05, 3.63) is 24.7 Å². The molecule has 4 heterocycles. The molecular weight excluding hydrogens is 306 g/mol. The third kappa shape index (κ3) is 2.31. The molecule has 124 valence electrons. The van der Waals surface area contributed by atoms with Crippen LogP contribution in [-0.4, -0.2) is 43.0 Å². The first kappa shape index (κ1) is 14.7. The fourth-order valence-corrected chi connectivity index (χ4v) is 2.82. The van der Waals surface area contributed by atoms with Crippen LogP contribution in [0, 0.1) is 0 Å². The number of ether oxygens (including phenoxy) is 1. The van der Waals surface area contributed by atoms with Gasteiger partial charge in [-0.25, -0.2) is 14.6 Å². The van der Waals surface area contributed by atoms with Crippen LogP contribution >= 0.6 is 0 Å². The molecule has 1 N–H and O–H groups in total. The monoisotopic (exact) mass is 325 g/mol. The summed E-state index contributed by atoms with van der Waals surface area (Å²) >= 11 is 0. The van der Waals surface area contributed by atoms with Gasteiger partial charge in [-0.05, 0) is 26.0 Å². The Labute approximate surface area is 139 Å². The molecule has 0 atom stereocenters. The van der Waals surface area contributed by atoms with Gasteiger partial charge in [-0.2, -0.15) is 10.1 Å². The molecule has 8 heteroatoms. The smallest absolute Gasteiger partial charge is 0.226 e. The van der Waals surface area contributed by atoms with Crippen molar-refractivity contribution >= 4 is 5.82 Å². The van der Waals surface area contributed by atoms with Gasteiger partial charge in [0.2, 0.25) is 5.88 Å². The SMILES string of the molecule is CNc1ccc2c(n1)OCCn1cc(-c3ncnn3C(C)C)nc1-2. The van der Waals surface area contributed by atoms with E-state index in [4.69, 9.17) is 9.72 Å². The number of hydrogen-bond donors (Lipinski definition) is 1. The summed E-state index contributed by atoms with van der Waals surface area (Å²) < 4.78 is 9.74. The Hall–Kier alpha value is -2.90. The topological polar surface area (TPSA) is 82.7 Å². The van der Waals surface area contributed by atoms with Crippen molar-refractivity contribution in [2.45, 2.75) is 26.4 Å². The number of nitrogens with zero attached hydrogens (tertiary/aromatic N) is 6. The zero-order valence-electron chi connectivity index (χ0n) is 13.9. The zero-order chi connectivity index (χ0) is 16.7. The first-order valence-electron chi connectivity index (χ1n) is 7.96. The number of imidazole rings is 1. The van der Waals surface area contributed by atoms with Crippen LogP contribution in [0.3, 0.4) is 0 Å². The van der Waals surface area contributed by atoms with E-state index < -0.39 is 0 Å². The maximum absolute atomic E-state index is 5.78. The van der Waals surface area contributed by atoms with Gasteiger partial charge in [0.25, 0.3) is 0 Å². The summed E-state index contributed by atoms with van der Waals surface area (Å²) in [4.78, 5) is 13.7. The quantitative estimate of drug-likeness (QED) is 0.795. The molecule has 0 aromatic carbocycles. The average molecular weight is 325 g/mol. The standard InChI is InChI=1S/C16H19N7O/c1-10(2)23-15(18-9-19-23)12-8-22-6-7-24-16-11(14(22)20-12)4-5-13(17-3)21-16/h4-5,8-10H,6-7H2,1-3H3,(H,17,21). The number of rotatable bonds is 3. The van der Waals surface area contributed by atoms with E-state index in [1.165, 1.54) is 0 Å². The maximum Gasteiger partial charge on any atom is 0.226 e. The predicted octanol–water partition coefficient (Wildman–Crippen LogP) is 2.22. The number of pyridine rings is 1. The van der Waals surface area contributed by atoms with E-state index in [-0.39, 0.29) is 6.04 Å². The van der Waals surface area contributed by atoms with Gasteiger partial charge in [0.15, 0.2) is 5.82 Å². The number of fused-ring (bicyclic) bond motifs is 3. The highest BCUT2D eigenvalue weighted by Gasteiger charge is 2.22. The van der Waals surface area contributed by atoms with Crippen LogP contribution in [-0.2, 0) is 6.54 Å². The fourth-order valence-electron chi connectivity index (χ4n) is 2.82. The minimum atomic E-state index is 0.222. The molecule has 8 nitrogen and oxygen atoms in total. The summed E-state index contributed by atoms with van der Waals surface area (Å²) in [7, 11) is 1.84. The van der Waals surface area contributed by atoms with Crippen LogP contribution in [0.1, 0.15) is 19.9 Å². The van der Waals surface area contributed by atoms with E-state index in [9.17, 15) is 0 Å². The molecular formula is C16H19N7O. The molecule has 3 aromatic rings. The van der Waals surface area contributed by atoms with E-state index in [0.29, 0.717) is 19.0 Å². The second kappa shape index (κ2) is 5.63. The summed E-state index contributed by atoms with van der Waals surface area (Å²) in [5.74, 6) is 2.98. The highest BCUT2D eigenvalue weighted by atomic mass is 16.5. The van der Waals surface area contributed by atoms with Crippen molar-refractivity contribution in [3.63, 3.8) is 0 Å². The van der Waals surface area contributed by atoms with E-state index >= 15 is 0 Å². The lowest BCUT2D eigenvalue weighted by Crippen LogP contribution is -2.06. The number of aromatic nitrogens is 6. The Morgan fingerprint density at radius 1 is 1.21 bits per heavy atom. The van der Waals surface area contributed by atoms with E-state index in [0.717, 1.165) is 28.7 Å². The minimum absolute atomic E-state index is 0.222. The van der Waals surface area contributed by atoms with Crippen LogP contribution in [0.2, 0.25) is 0 Å². The molecule has 0 bridgehead atoms. The second-order valence-corrected chi connectivity index (χ2v) is 5.91. The maximum atomic E-state index is 5.78. The minimum Gasteiger partial charge on any atom is -0.475 e. The van der Waals surface area contributed by atoms with Gasteiger partial charge in [-0.1, -0.05) is 0 Å². The number of nitrogens with one attached hydrogen (secondary N) is 1. The molecule has 0 aliphatic carbocycles. The molecule has 0 amide bonds. The van der Waals surface area contributed by atoms with E-state index in [2.05, 4.69) is 38.8 Å². The first-order chi connectivity index (χ1) is 11.7. The summed E-state index contributed by atoms with van der Waals surface area (Å²) in [6, 6.07) is 4.12. The summed E-state index contributed by atoms with van der Waals surface area (Å²) in [5.41, 5.74) is 1.69. The third-order valence-corrected chi connectivity index (χ3v) is 4.00. The summed E-state index contributed by atoms with van der Waals surface area (Å²) in [5, 5.41) is 7.32. The van der Waals surface area contributed by atoms with Crippen molar-refractivity contribution in [2.24, 2.45) is 0 Å². The molecule has 0 spiro atoms. The molecule has 3 aromatic heterocycles. The first-order valence-corrected chi connectivity index (χ1v) is 7.96. The zero-order valence-corrected chi connectivity index (χ0v) is 13.9. The second-order valence-electron chi connectivity index (χ2n) is 5.91. The van der Waals surface area contributed by atoms with Gasteiger partial charge >= 0.3 is 0 Å². The third-order valence-electron chi connectivity index (χ3n) is 4.00. The van der Waals surface area contributed by atoms with Crippen molar-refractivity contribution in [1.82, 2.24) is 29.3 Å². The Kier molecular flexibility index (Phi) is 3.44. The highest BCUT2D eigenvalue weighted by Crippen LogP contribution is 2.33. The largest absolute Gasteiger partial charge is 0.475 e. The van der Waals surface area contributed by atoms with Crippen molar-refractivity contribution in [3.8, 4) is 28.8 Å². The molecule has 0 fully saturated rings. The van der Waals surface area contributed by atoms with Gasteiger partial charge in [0, 0.05) is 19.3 Å². The van der Waals surface area contributed by atoms with Crippen LogP contribution in [0.15, 0.2) is 24.7 Å². The van der Waals surface area contributed by atoms with Crippen LogP contribution in [0.4, 0.5) is 5.82 Å². The molecule has 1 aliphatic heterocycles.